The van der Waals surface area contributed by atoms with Crippen LogP contribution in [-0.2, 0) is 6.42 Å². The highest BCUT2D eigenvalue weighted by Crippen LogP contribution is 2.25. The van der Waals surface area contributed by atoms with Gasteiger partial charge in [0.2, 0.25) is 0 Å². The van der Waals surface area contributed by atoms with Crippen LogP contribution in [0.25, 0.3) is 0 Å². The molecule has 0 saturated carbocycles. The van der Waals surface area contributed by atoms with Crippen LogP contribution in [0.2, 0.25) is 0 Å². The monoisotopic (exact) mass is 232 g/mol. The zero-order valence-corrected chi connectivity index (χ0v) is 11.2. The molecule has 17 heavy (non-hydrogen) atoms. The van der Waals surface area contributed by atoms with Crippen LogP contribution in [0, 0.1) is 0 Å². The third-order valence-electron chi connectivity index (χ3n) is 3.81. The molecule has 94 valence electrons. The Morgan fingerprint density at radius 3 is 2.88 bits per heavy atom. The van der Waals surface area contributed by atoms with E-state index in [4.69, 9.17) is 0 Å². The van der Waals surface area contributed by atoms with Crippen LogP contribution in [0.5, 0.6) is 0 Å². The van der Waals surface area contributed by atoms with Gasteiger partial charge in [-0.25, -0.2) is 0 Å². The lowest BCUT2D eigenvalue weighted by molar-refractivity contribution is 0.236. The van der Waals surface area contributed by atoms with Crippen LogP contribution < -0.4 is 5.32 Å². The third-order valence-corrected chi connectivity index (χ3v) is 3.81. The van der Waals surface area contributed by atoms with Crippen molar-refractivity contribution in [2.24, 2.45) is 0 Å². The number of nitrogens with one attached hydrogen (secondary N) is 1. The fourth-order valence-corrected chi connectivity index (χ4v) is 2.65. The van der Waals surface area contributed by atoms with Gasteiger partial charge in [-0.2, -0.15) is 0 Å². The quantitative estimate of drug-likeness (QED) is 0.839. The molecular formula is C15H24N2. The van der Waals surface area contributed by atoms with Gasteiger partial charge in [0.1, 0.15) is 0 Å². The number of anilines is 1. The minimum Gasteiger partial charge on any atom is -0.380 e. The van der Waals surface area contributed by atoms with Gasteiger partial charge >= 0.3 is 0 Å². The Kier molecular flexibility index (Phi) is 4.06. The number of rotatable bonds is 5. The lowest BCUT2D eigenvalue weighted by atomic mass is 10.1. The molecule has 0 aliphatic carbocycles. The van der Waals surface area contributed by atoms with E-state index in [1.165, 1.54) is 30.5 Å². The Morgan fingerprint density at radius 1 is 1.41 bits per heavy atom. The number of hydrogen-bond donors (Lipinski definition) is 1. The van der Waals surface area contributed by atoms with Crippen LogP contribution in [0.15, 0.2) is 24.3 Å². The van der Waals surface area contributed by atoms with E-state index in [1.807, 2.05) is 0 Å². The highest BCUT2D eigenvalue weighted by atomic mass is 15.2. The summed E-state index contributed by atoms with van der Waals surface area (Å²) in [5.41, 5.74) is 2.79. The lowest BCUT2D eigenvalue weighted by Crippen LogP contribution is -2.38. The summed E-state index contributed by atoms with van der Waals surface area (Å²) in [6, 6.07) is 9.93. The van der Waals surface area contributed by atoms with Crippen LogP contribution >= 0.6 is 0 Å². The molecule has 1 aromatic rings. The second-order valence-electron chi connectivity index (χ2n) is 5.28. The Labute approximate surface area is 105 Å². The zero-order chi connectivity index (χ0) is 12.3. The normalized spacial score (nSPS) is 20.1. The summed E-state index contributed by atoms with van der Waals surface area (Å²) in [5, 5.41) is 3.62. The van der Waals surface area contributed by atoms with E-state index in [-0.39, 0.29) is 0 Å². The third kappa shape index (κ3) is 3.01. The van der Waals surface area contributed by atoms with E-state index >= 15 is 0 Å². The van der Waals surface area contributed by atoms with Crippen molar-refractivity contribution >= 4 is 5.69 Å². The number of para-hydroxylation sites is 1. The van der Waals surface area contributed by atoms with E-state index in [9.17, 15) is 0 Å². The first-order valence-corrected chi connectivity index (χ1v) is 6.75. The van der Waals surface area contributed by atoms with Gasteiger partial charge in [-0.15, -0.1) is 0 Å². The van der Waals surface area contributed by atoms with Gasteiger partial charge in [0.05, 0.1) is 0 Å². The molecule has 2 heteroatoms. The molecule has 1 aliphatic rings. The SMILES string of the molecule is CCCC(C)N(C)CC1Cc2ccccc2N1. The molecule has 0 bridgehead atoms. The molecule has 0 aromatic heterocycles. The lowest BCUT2D eigenvalue weighted by Gasteiger charge is -2.27. The van der Waals surface area contributed by atoms with Gasteiger partial charge < -0.3 is 10.2 Å². The maximum atomic E-state index is 3.62. The van der Waals surface area contributed by atoms with Gasteiger partial charge in [-0.1, -0.05) is 31.5 Å². The molecule has 1 aromatic carbocycles. The van der Waals surface area contributed by atoms with Crippen LogP contribution in [0.3, 0.4) is 0 Å². The Balaban J connectivity index is 1.87. The van der Waals surface area contributed by atoms with Crippen LogP contribution in [-0.4, -0.2) is 30.6 Å². The van der Waals surface area contributed by atoms with Gasteiger partial charge in [-0.05, 0) is 38.4 Å². The summed E-state index contributed by atoms with van der Waals surface area (Å²) in [4.78, 5) is 2.48. The Morgan fingerprint density at radius 2 is 2.18 bits per heavy atom. The second kappa shape index (κ2) is 5.54. The Hall–Kier alpha value is -1.02. The molecule has 2 atom stereocenters. The molecule has 1 heterocycles. The first-order valence-electron chi connectivity index (χ1n) is 6.75. The maximum absolute atomic E-state index is 3.62. The number of hydrogen-bond acceptors (Lipinski definition) is 2. The summed E-state index contributed by atoms with van der Waals surface area (Å²) >= 11 is 0. The number of fused-ring (bicyclic) bond motifs is 1. The molecule has 0 amide bonds. The van der Waals surface area contributed by atoms with Gasteiger partial charge in [0, 0.05) is 24.3 Å². The standard InChI is InChI=1S/C15H24N2/c1-4-7-12(2)17(3)11-14-10-13-8-5-6-9-15(13)16-14/h5-6,8-9,12,14,16H,4,7,10-11H2,1-3H3. The van der Waals surface area contributed by atoms with Crippen molar-refractivity contribution in [2.75, 3.05) is 18.9 Å². The first kappa shape index (κ1) is 12.4. The van der Waals surface area contributed by atoms with Gasteiger partial charge in [0.25, 0.3) is 0 Å². The van der Waals surface area contributed by atoms with E-state index in [0.29, 0.717) is 12.1 Å². The van der Waals surface area contributed by atoms with Crippen LogP contribution in [0.1, 0.15) is 32.3 Å². The molecule has 1 aliphatic heterocycles. The average molecular weight is 232 g/mol. The summed E-state index contributed by atoms with van der Waals surface area (Å²) < 4.78 is 0. The van der Waals surface area contributed by atoms with Crippen molar-refractivity contribution in [1.82, 2.24) is 4.90 Å². The zero-order valence-electron chi connectivity index (χ0n) is 11.2. The van der Waals surface area contributed by atoms with Crippen LogP contribution in [0.4, 0.5) is 5.69 Å². The van der Waals surface area contributed by atoms with E-state index in [0.717, 1.165) is 6.54 Å². The molecule has 0 saturated heterocycles. The minimum absolute atomic E-state index is 0.580. The topological polar surface area (TPSA) is 15.3 Å². The molecule has 0 spiro atoms. The number of benzene rings is 1. The van der Waals surface area contributed by atoms with Crippen molar-refractivity contribution in [1.29, 1.82) is 0 Å². The number of nitrogens with zero attached hydrogens (tertiary/aromatic N) is 1. The smallest absolute Gasteiger partial charge is 0.0429 e. The second-order valence-corrected chi connectivity index (χ2v) is 5.28. The van der Waals surface area contributed by atoms with E-state index in [2.05, 4.69) is 55.4 Å². The highest BCUT2D eigenvalue weighted by molar-refractivity contribution is 5.56. The van der Waals surface area contributed by atoms with E-state index in [1.54, 1.807) is 0 Å². The fraction of sp³-hybridized carbons (Fsp3) is 0.600. The largest absolute Gasteiger partial charge is 0.380 e. The predicted octanol–water partition coefficient (Wildman–Crippen LogP) is 3.14. The molecule has 1 N–H and O–H groups in total. The van der Waals surface area contributed by atoms with E-state index < -0.39 is 0 Å². The summed E-state index contributed by atoms with van der Waals surface area (Å²) in [7, 11) is 2.24. The van der Waals surface area contributed by atoms with Crippen molar-refractivity contribution in [3.8, 4) is 0 Å². The van der Waals surface area contributed by atoms with Crippen molar-refractivity contribution in [3.05, 3.63) is 29.8 Å². The Bertz CT molecular complexity index is 337. The molecule has 0 radical (unpaired) electrons. The molecule has 2 nitrogen and oxygen atoms in total. The van der Waals surface area contributed by atoms with Crippen molar-refractivity contribution in [3.63, 3.8) is 0 Å². The van der Waals surface area contributed by atoms with Crippen molar-refractivity contribution in [2.45, 2.75) is 45.2 Å². The highest BCUT2D eigenvalue weighted by Gasteiger charge is 2.22. The number of likely N-dealkylation sites (N-methyl/N-ethyl adjacent to an activating group) is 1. The molecular weight excluding hydrogens is 208 g/mol. The molecule has 2 rings (SSSR count). The maximum Gasteiger partial charge on any atom is 0.0429 e. The summed E-state index contributed by atoms with van der Waals surface area (Å²) in [6.07, 6.45) is 3.72. The first-order chi connectivity index (χ1) is 8.20. The predicted molar refractivity (Wildman–Crippen MR) is 74.6 cm³/mol. The summed E-state index contributed by atoms with van der Waals surface area (Å²) in [5.74, 6) is 0. The fourth-order valence-electron chi connectivity index (χ4n) is 2.65. The average Bonchev–Trinajstić information content (AvgIpc) is 2.71. The van der Waals surface area contributed by atoms with Gasteiger partial charge in [0.15, 0.2) is 0 Å². The van der Waals surface area contributed by atoms with Gasteiger partial charge in [-0.3, -0.25) is 0 Å². The minimum atomic E-state index is 0.580. The van der Waals surface area contributed by atoms with Crippen molar-refractivity contribution < 1.29 is 0 Å². The molecule has 0 fully saturated rings. The molecule has 2 unspecified atom stereocenters. The summed E-state index contributed by atoms with van der Waals surface area (Å²) in [6.45, 7) is 5.72.